The van der Waals surface area contributed by atoms with E-state index < -0.39 is 17.7 Å². The molecule has 0 amide bonds. The molecule has 100 valence electrons. The number of hydrogen-bond acceptors (Lipinski definition) is 1. The summed E-state index contributed by atoms with van der Waals surface area (Å²) in [6, 6.07) is 8.66. The van der Waals surface area contributed by atoms with Crippen molar-refractivity contribution < 1.29 is 13.9 Å². The van der Waals surface area contributed by atoms with Gasteiger partial charge in [-0.15, -0.1) is 0 Å². The van der Waals surface area contributed by atoms with Crippen molar-refractivity contribution in [2.45, 2.75) is 12.5 Å². The normalized spacial score (nSPS) is 12.5. The molecular formula is C14H10Br2F2O. The van der Waals surface area contributed by atoms with E-state index in [1.807, 2.05) is 0 Å². The topological polar surface area (TPSA) is 20.2 Å². The van der Waals surface area contributed by atoms with Crippen molar-refractivity contribution in [1.29, 1.82) is 0 Å². The summed E-state index contributed by atoms with van der Waals surface area (Å²) in [7, 11) is 0. The van der Waals surface area contributed by atoms with Crippen molar-refractivity contribution in [3.8, 4) is 0 Å². The SMILES string of the molecule is OC(Cc1ccc(F)cc1F)c1ccc(Br)c(Br)c1. The van der Waals surface area contributed by atoms with Crippen molar-refractivity contribution in [2.24, 2.45) is 0 Å². The molecule has 2 aromatic rings. The molecule has 0 fully saturated rings. The molecule has 0 saturated heterocycles. The van der Waals surface area contributed by atoms with Crippen LogP contribution in [0.3, 0.4) is 0 Å². The highest BCUT2D eigenvalue weighted by atomic mass is 79.9. The lowest BCUT2D eigenvalue weighted by molar-refractivity contribution is 0.177. The van der Waals surface area contributed by atoms with Gasteiger partial charge >= 0.3 is 0 Å². The van der Waals surface area contributed by atoms with E-state index >= 15 is 0 Å². The van der Waals surface area contributed by atoms with E-state index in [0.29, 0.717) is 5.56 Å². The maximum absolute atomic E-state index is 13.5. The van der Waals surface area contributed by atoms with Gasteiger partial charge in [0.25, 0.3) is 0 Å². The minimum atomic E-state index is -0.843. The van der Waals surface area contributed by atoms with Gasteiger partial charge in [0, 0.05) is 21.4 Å². The van der Waals surface area contributed by atoms with E-state index in [4.69, 9.17) is 0 Å². The molecule has 1 N–H and O–H groups in total. The fourth-order valence-electron chi connectivity index (χ4n) is 1.73. The number of hydrogen-bond donors (Lipinski definition) is 1. The minimum Gasteiger partial charge on any atom is -0.388 e. The quantitative estimate of drug-likeness (QED) is 0.799. The van der Waals surface area contributed by atoms with Crippen molar-refractivity contribution in [3.63, 3.8) is 0 Å². The first-order chi connectivity index (χ1) is 8.97. The second-order valence-electron chi connectivity index (χ2n) is 4.13. The first kappa shape index (κ1) is 14.6. The Balaban J connectivity index is 2.20. The summed E-state index contributed by atoms with van der Waals surface area (Å²) < 4.78 is 28.0. The third-order valence-electron chi connectivity index (χ3n) is 2.76. The maximum Gasteiger partial charge on any atom is 0.129 e. The Labute approximate surface area is 126 Å². The first-order valence-electron chi connectivity index (χ1n) is 5.54. The van der Waals surface area contributed by atoms with Crippen LogP contribution in [0.5, 0.6) is 0 Å². The van der Waals surface area contributed by atoms with Gasteiger partial charge < -0.3 is 5.11 Å². The van der Waals surface area contributed by atoms with E-state index in [0.717, 1.165) is 15.0 Å². The zero-order valence-electron chi connectivity index (χ0n) is 9.71. The van der Waals surface area contributed by atoms with E-state index in [1.165, 1.54) is 12.1 Å². The van der Waals surface area contributed by atoms with Crippen LogP contribution in [0.25, 0.3) is 0 Å². The molecule has 2 aromatic carbocycles. The minimum absolute atomic E-state index is 0.0974. The van der Waals surface area contributed by atoms with Gasteiger partial charge in [-0.25, -0.2) is 8.78 Å². The van der Waals surface area contributed by atoms with E-state index in [2.05, 4.69) is 31.9 Å². The number of aliphatic hydroxyl groups is 1. The predicted octanol–water partition coefficient (Wildman–Crippen LogP) is 4.77. The van der Waals surface area contributed by atoms with Gasteiger partial charge in [-0.1, -0.05) is 12.1 Å². The summed E-state index contributed by atoms with van der Waals surface area (Å²) in [6.07, 6.45) is -0.746. The summed E-state index contributed by atoms with van der Waals surface area (Å²) in [4.78, 5) is 0. The highest BCUT2D eigenvalue weighted by Gasteiger charge is 2.13. The Morgan fingerprint density at radius 2 is 1.74 bits per heavy atom. The Morgan fingerprint density at radius 1 is 1.00 bits per heavy atom. The van der Waals surface area contributed by atoms with Crippen molar-refractivity contribution in [3.05, 3.63) is 68.1 Å². The average Bonchev–Trinajstić information content (AvgIpc) is 2.36. The van der Waals surface area contributed by atoms with Crippen molar-refractivity contribution in [1.82, 2.24) is 0 Å². The largest absolute Gasteiger partial charge is 0.388 e. The fourth-order valence-corrected chi connectivity index (χ4v) is 2.38. The lowest BCUT2D eigenvalue weighted by Gasteiger charge is -2.12. The van der Waals surface area contributed by atoms with Crippen LogP contribution in [-0.4, -0.2) is 5.11 Å². The van der Waals surface area contributed by atoms with Crippen LogP contribution in [-0.2, 0) is 6.42 Å². The molecule has 0 bridgehead atoms. The molecule has 0 aliphatic rings. The summed E-state index contributed by atoms with van der Waals surface area (Å²) in [5, 5.41) is 10.1. The van der Waals surface area contributed by atoms with Gasteiger partial charge in [-0.05, 0) is 61.2 Å². The predicted molar refractivity (Wildman–Crippen MR) is 76.9 cm³/mol. The first-order valence-corrected chi connectivity index (χ1v) is 7.13. The van der Waals surface area contributed by atoms with Gasteiger partial charge in [0.05, 0.1) is 6.10 Å². The van der Waals surface area contributed by atoms with E-state index in [1.54, 1.807) is 18.2 Å². The number of aliphatic hydroxyl groups excluding tert-OH is 1. The van der Waals surface area contributed by atoms with E-state index in [9.17, 15) is 13.9 Å². The lowest BCUT2D eigenvalue weighted by atomic mass is 10.0. The summed E-state index contributed by atoms with van der Waals surface area (Å²) in [6.45, 7) is 0. The summed E-state index contributed by atoms with van der Waals surface area (Å²) >= 11 is 6.68. The third-order valence-corrected chi connectivity index (χ3v) is 4.64. The molecule has 1 atom stereocenters. The smallest absolute Gasteiger partial charge is 0.129 e. The van der Waals surface area contributed by atoms with Crippen LogP contribution < -0.4 is 0 Å². The molecule has 5 heteroatoms. The zero-order chi connectivity index (χ0) is 14.0. The van der Waals surface area contributed by atoms with Crippen molar-refractivity contribution >= 4 is 31.9 Å². The molecule has 0 heterocycles. The van der Waals surface area contributed by atoms with Gasteiger partial charge in [-0.2, -0.15) is 0 Å². The number of halogens is 4. The van der Waals surface area contributed by atoms with Crippen molar-refractivity contribution in [2.75, 3.05) is 0 Å². The Bertz CT molecular complexity index is 602. The molecular weight excluding hydrogens is 382 g/mol. The fraction of sp³-hybridized carbons (Fsp3) is 0.143. The zero-order valence-corrected chi connectivity index (χ0v) is 12.9. The van der Waals surface area contributed by atoms with E-state index in [-0.39, 0.29) is 12.0 Å². The molecule has 0 saturated carbocycles. The maximum atomic E-state index is 13.5. The molecule has 0 aliphatic heterocycles. The van der Waals surface area contributed by atoms with Crippen LogP contribution in [0, 0.1) is 11.6 Å². The van der Waals surface area contributed by atoms with Crippen LogP contribution in [0.1, 0.15) is 17.2 Å². The lowest BCUT2D eigenvalue weighted by Crippen LogP contribution is -2.04. The van der Waals surface area contributed by atoms with Gasteiger partial charge in [0.2, 0.25) is 0 Å². The van der Waals surface area contributed by atoms with Gasteiger partial charge in [0.15, 0.2) is 0 Å². The Morgan fingerprint density at radius 3 is 2.37 bits per heavy atom. The Kier molecular flexibility index (Phi) is 4.71. The molecule has 0 spiro atoms. The molecule has 0 aliphatic carbocycles. The Hall–Kier alpha value is -0.780. The van der Waals surface area contributed by atoms with Crippen LogP contribution in [0.15, 0.2) is 45.3 Å². The summed E-state index contributed by atoms with van der Waals surface area (Å²) in [5.74, 6) is -1.27. The monoisotopic (exact) mass is 390 g/mol. The van der Waals surface area contributed by atoms with Crippen LogP contribution >= 0.6 is 31.9 Å². The molecule has 1 nitrogen and oxygen atoms in total. The number of rotatable bonds is 3. The average molecular weight is 392 g/mol. The van der Waals surface area contributed by atoms with Gasteiger partial charge in [0.1, 0.15) is 11.6 Å². The molecule has 0 radical (unpaired) electrons. The molecule has 19 heavy (non-hydrogen) atoms. The second kappa shape index (κ2) is 6.11. The standard InChI is InChI=1S/C14H10Br2F2O/c15-11-4-2-9(5-12(11)16)14(19)6-8-1-3-10(17)7-13(8)18/h1-5,7,14,19H,6H2. The summed E-state index contributed by atoms with van der Waals surface area (Å²) in [5.41, 5.74) is 0.951. The molecule has 2 rings (SSSR count). The molecule has 0 aromatic heterocycles. The number of benzene rings is 2. The van der Waals surface area contributed by atoms with Crippen LogP contribution in [0.2, 0.25) is 0 Å². The highest BCUT2D eigenvalue weighted by Crippen LogP contribution is 2.28. The van der Waals surface area contributed by atoms with Gasteiger partial charge in [-0.3, -0.25) is 0 Å². The third kappa shape index (κ3) is 3.61. The van der Waals surface area contributed by atoms with Crippen LogP contribution in [0.4, 0.5) is 8.78 Å². The molecule has 1 unspecified atom stereocenters. The second-order valence-corrected chi connectivity index (χ2v) is 5.84. The highest BCUT2D eigenvalue weighted by molar-refractivity contribution is 9.13.